The van der Waals surface area contributed by atoms with E-state index >= 15 is 0 Å². The zero-order valence-corrected chi connectivity index (χ0v) is 16.6. The van der Waals surface area contributed by atoms with Gasteiger partial charge in [0, 0.05) is 12.0 Å². The highest BCUT2D eigenvalue weighted by Gasteiger charge is 2.22. The van der Waals surface area contributed by atoms with Gasteiger partial charge in [0.1, 0.15) is 0 Å². The maximum atomic E-state index is 12.8. The Balaban J connectivity index is 2.34. The van der Waals surface area contributed by atoms with Gasteiger partial charge in [-0.1, -0.05) is 0 Å². The van der Waals surface area contributed by atoms with Crippen LogP contribution in [-0.2, 0) is 0 Å². The van der Waals surface area contributed by atoms with E-state index < -0.39 is 5.92 Å². The van der Waals surface area contributed by atoms with Crippen LogP contribution in [0.3, 0.4) is 0 Å². The van der Waals surface area contributed by atoms with Gasteiger partial charge in [-0.15, -0.1) is 0 Å². The second-order valence-corrected chi connectivity index (χ2v) is 5.84. The maximum Gasteiger partial charge on any atom is 0.203 e. The number of ether oxygens (including phenoxy) is 5. The molecule has 0 N–H and O–H groups in total. The fourth-order valence-electron chi connectivity index (χ4n) is 2.85. The van der Waals surface area contributed by atoms with Crippen molar-refractivity contribution in [1.82, 2.24) is 0 Å². The summed E-state index contributed by atoms with van der Waals surface area (Å²) in [5, 5.41) is 9.65. The molecule has 0 aliphatic heterocycles. The maximum absolute atomic E-state index is 12.8. The molecule has 0 fully saturated rings. The van der Waals surface area contributed by atoms with Crippen LogP contribution in [-0.4, -0.2) is 41.3 Å². The number of ketones is 1. The summed E-state index contributed by atoms with van der Waals surface area (Å²) < 4.78 is 26.4. The topological polar surface area (TPSA) is 87.0 Å². The molecule has 0 aliphatic carbocycles. The second-order valence-electron chi connectivity index (χ2n) is 5.84. The number of rotatable bonds is 9. The number of methoxy groups -OCH3 is 5. The van der Waals surface area contributed by atoms with Crippen LogP contribution < -0.4 is 23.7 Å². The molecule has 1 unspecified atom stereocenters. The second kappa shape index (κ2) is 9.51. The van der Waals surface area contributed by atoms with Gasteiger partial charge in [-0.25, -0.2) is 0 Å². The summed E-state index contributed by atoms with van der Waals surface area (Å²) in [7, 11) is 7.52. The van der Waals surface area contributed by atoms with Crippen LogP contribution in [0.15, 0.2) is 30.3 Å². The molecule has 0 saturated carbocycles. The first kappa shape index (κ1) is 20.9. The Morgan fingerprint density at radius 2 is 1.43 bits per heavy atom. The van der Waals surface area contributed by atoms with Crippen LogP contribution in [0.1, 0.15) is 28.3 Å². The smallest absolute Gasteiger partial charge is 0.203 e. The van der Waals surface area contributed by atoms with E-state index in [2.05, 4.69) is 6.07 Å². The fraction of sp³-hybridized carbons (Fsp3) is 0.333. The molecule has 0 radical (unpaired) electrons. The number of nitrogens with zero attached hydrogens (tertiary/aromatic N) is 1. The molecule has 0 spiro atoms. The summed E-state index contributed by atoms with van der Waals surface area (Å²) in [4.78, 5) is 12.8. The first-order chi connectivity index (χ1) is 13.5. The third-order valence-electron chi connectivity index (χ3n) is 4.34. The van der Waals surface area contributed by atoms with Crippen molar-refractivity contribution in [3.8, 4) is 34.8 Å². The van der Waals surface area contributed by atoms with Gasteiger partial charge < -0.3 is 23.7 Å². The van der Waals surface area contributed by atoms with Crippen LogP contribution in [0.4, 0.5) is 0 Å². The number of benzene rings is 2. The highest BCUT2D eigenvalue weighted by Crippen LogP contribution is 2.40. The normalized spacial score (nSPS) is 11.1. The number of carbonyl (C=O) groups excluding carboxylic acids is 1. The van der Waals surface area contributed by atoms with Crippen molar-refractivity contribution in [2.45, 2.75) is 12.3 Å². The Kier molecular flexibility index (Phi) is 7.10. The largest absolute Gasteiger partial charge is 0.493 e. The number of Topliss-reactive ketones (excluding diaryl/α,β-unsaturated/α-hetero) is 1. The zero-order valence-electron chi connectivity index (χ0n) is 16.6. The van der Waals surface area contributed by atoms with Gasteiger partial charge >= 0.3 is 0 Å². The number of nitriles is 1. The van der Waals surface area contributed by atoms with Gasteiger partial charge in [-0.3, -0.25) is 4.79 Å². The lowest BCUT2D eigenvalue weighted by molar-refractivity contribution is 0.0978. The molecule has 0 aromatic heterocycles. The molecular formula is C21H23NO6. The van der Waals surface area contributed by atoms with E-state index in [1.165, 1.54) is 35.5 Å². The molecule has 7 heteroatoms. The van der Waals surface area contributed by atoms with Crippen molar-refractivity contribution < 1.29 is 28.5 Å². The van der Waals surface area contributed by atoms with Crippen molar-refractivity contribution in [2.75, 3.05) is 35.5 Å². The monoisotopic (exact) mass is 385 g/mol. The summed E-state index contributed by atoms with van der Waals surface area (Å²) >= 11 is 0. The highest BCUT2D eigenvalue weighted by atomic mass is 16.5. The lowest BCUT2D eigenvalue weighted by Gasteiger charge is -2.16. The Labute approximate surface area is 164 Å². The average molecular weight is 385 g/mol. The van der Waals surface area contributed by atoms with Crippen molar-refractivity contribution in [3.63, 3.8) is 0 Å². The molecule has 2 aromatic carbocycles. The molecule has 28 heavy (non-hydrogen) atoms. The minimum atomic E-state index is -0.686. The van der Waals surface area contributed by atoms with Gasteiger partial charge in [0.25, 0.3) is 0 Å². The van der Waals surface area contributed by atoms with Gasteiger partial charge in [-0.05, 0) is 35.9 Å². The third kappa shape index (κ3) is 4.29. The summed E-state index contributed by atoms with van der Waals surface area (Å²) in [6, 6.07) is 10.4. The fourth-order valence-corrected chi connectivity index (χ4v) is 2.85. The molecule has 2 aromatic rings. The predicted molar refractivity (Wildman–Crippen MR) is 103 cm³/mol. The quantitative estimate of drug-likeness (QED) is 0.609. The van der Waals surface area contributed by atoms with Crippen molar-refractivity contribution in [1.29, 1.82) is 5.26 Å². The average Bonchev–Trinajstić information content (AvgIpc) is 2.75. The van der Waals surface area contributed by atoms with Crippen LogP contribution in [0.2, 0.25) is 0 Å². The summed E-state index contributed by atoms with van der Waals surface area (Å²) in [6.45, 7) is 0. The lowest BCUT2D eigenvalue weighted by atomic mass is 9.92. The molecule has 0 heterocycles. The summed E-state index contributed by atoms with van der Waals surface area (Å²) in [5.41, 5.74) is 1.04. The number of carbonyl (C=O) groups is 1. The molecule has 0 aliphatic rings. The third-order valence-corrected chi connectivity index (χ3v) is 4.34. The van der Waals surface area contributed by atoms with Crippen molar-refractivity contribution in [3.05, 3.63) is 41.5 Å². The van der Waals surface area contributed by atoms with Gasteiger partial charge in [0.15, 0.2) is 28.8 Å². The van der Waals surface area contributed by atoms with E-state index in [9.17, 15) is 10.1 Å². The zero-order chi connectivity index (χ0) is 20.7. The standard InChI is InChI=1S/C21H23NO6/c1-24-17-7-6-13(9-18(17)25-2)16(23)8-15(12-22)14-10-19(26-3)21(28-5)20(11-14)27-4/h6-7,9-11,15H,8H2,1-5H3. The number of hydrogen-bond acceptors (Lipinski definition) is 7. The Hall–Kier alpha value is -3.40. The minimum Gasteiger partial charge on any atom is -0.493 e. The molecule has 0 saturated heterocycles. The van der Waals surface area contributed by atoms with E-state index in [0.29, 0.717) is 39.9 Å². The molecule has 148 valence electrons. The van der Waals surface area contributed by atoms with Gasteiger partial charge in [-0.2, -0.15) is 5.26 Å². The SMILES string of the molecule is COc1ccc(C(=O)CC(C#N)c2cc(OC)c(OC)c(OC)c2)cc1OC. The molecule has 0 bridgehead atoms. The molecule has 2 rings (SSSR count). The van der Waals surface area contributed by atoms with E-state index in [1.54, 1.807) is 30.3 Å². The number of hydrogen-bond donors (Lipinski definition) is 0. The van der Waals surface area contributed by atoms with Gasteiger partial charge in [0.2, 0.25) is 5.75 Å². The minimum absolute atomic E-state index is 0.00931. The van der Waals surface area contributed by atoms with Crippen LogP contribution in [0.5, 0.6) is 28.7 Å². The van der Waals surface area contributed by atoms with Crippen LogP contribution in [0, 0.1) is 11.3 Å². The van der Waals surface area contributed by atoms with E-state index in [0.717, 1.165) is 0 Å². The molecule has 7 nitrogen and oxygen atoms in total. The Bertz CT molecular complexity index is 862. The predicted octanol–water partition coefficient (Wildman–Crippen LogP) is 3.61. The Morgan fingerprint density at radius 1 is 0.857 bits per heavy atom. The van der Waals surface area contributed by atoms with Crippen molar-refractivity contribution >= 4 is 5.78 Å². The Morgan fingerprint density at radius 3 is 1.89 bits per heavy atom. The van der Waals surface area contributed by atoms with Crippen LogP contribution >= 0.6 is 0 Å². The summed E-state index contributed by atoms with van der Waals surface area (Å²) in [6.07, 6.45) is -0.00931. The van der Waals surface area contributed by atoms with E-state index in [1.807, 2.05) is 0 Å². The van der Waals surface area contributed by atoms with Crippen molar-refractivity contribution in [2.24, 2.45) is 0 Å². The lowest BCUT2D eigenvalue weighted by Crippen LogP contribution is -2.08. The van der Waals surface area contributed by atoms with E-state index in [4.69, 9.17) is 23.7 Å². The molecule has 1 atom stereocenters. The first-order valence-corrected chi connectivity index (χ1v) is 8.47. The molecule has 0 amide bonds. The van der Waals surface area contributed by atoms with E-state index in [-0.39, 0.29) is 12.2 Å². The van der Waals surface area contributed by atoms with Gasteiger partial charge in [0.05, 0.1) is 47.5 Å². The van der Waals surface area contributed by atoms with Crippen LogP contribution in [0.25, 0.3) is 0 Å². The first-order valence-electron chi connectivity index (χ1n) is 8.47. The highest BCUT2D eigenvalue weighted by molar-refractivity contribution is 5.97. The summed E-state index contributed by atoms with van der Waals surface area (Å²) in [5.74, 6) is 1.38. The molecular weight excluding hydrogens is 362 g/mol.